The number of rotatable bonds is 8. The van der Waals surface area contributed by atoms with Crippen molar-refractivity contribution in [1.82, 2.24) is 5.32 Å². The van der Waals surface area contributed by atoms with Crippen LogP contribution in [-0.2, 0) is 19.6 Å². The van der Waals surface area contributed by atoms with Crippen LogP contribution in [0, 0.1) is 27.7 Å². The molecule has 0 aliphatic carbocycles. The Hall–Kier alpha value is -3.40. The Morgan fingerprint density at radius 3 is 2.19 bits per heavy atom. The van der Waals surface area contributed by atoms with Crippen molar-refractivity contribution in [2.24, 2.45) is 5.73 Å². The number of benzene rings is 3. The summed E-state index contributed by atoms with van der Waals surface area (Å²) in [6, 6.07) is 12.9. The van der Waals surface area contributed by atoms with Gasteiger partial charge in [0.25, 0.3) is 15.9 Å². The van der Waals surface area contributed by atoms with Gasteiger partial charge in [-0.2, -0.15) is 0 Å². The highest BCUT2D eigenvalue weighted by molar-refractivity contribution is 7.92. The van der Waals surface area contributed by atoms with Gasteiger partial charge in [0, 0.05) is 22.8 Å². The lowest BCUT2D eigenvalue weighted by Gasteiger charge is -2.18. The number of halogens is 1. The molecule has 10 heteroatoms. The lowest BCUT2D eigenvalue weighted by molar-refractivity contribution is -0.142. The van der Waals surface area contributed by atoms with E-state index in [4.69, 9.17) is 17.3 Å². The second kappa shape index (κ2) is 11.3. The maximum atomic E-state index is 13.1. The van der Waals surface area contributed by atoms with Crippen molar-refractivity contribution in [3.05, 3.63) is 81.4 Å². The van der Waals surface area contributed by atoms with E-state index in [2.05, 4.69) is 14.8 Å². The maximum Gasteiger partial charge on any atom is 0.329 e. The first-order chi connectivity index (χ1) is 17.4. The molecule has 0 saturated heterocycles. The summed E-state index contributed by atoms with van der Waals surface area (Å²) in [5.74, 6) is -1.05. The van der Waals surface area contributed by atoms with Gasteiger partial charge in [-0.25, -0.2) is 13.2 Å². The predicted molar refractivity (Wildman–Crippen MR) is 145 cm³/mol. The molecule has 0 unspecified atom stereocenters. The number of carbonyl (C=O) groups excluding carboxylic acids is 2. The number of esters is 1. The molecule has 3 aromatic rings. The maximum absolute atomic E-state index is 13.1. The lowest BCUT2D eigenvalue weighted by Crippen LogP contribution is -2.46. The molecule has 3 aromatic carbocycles. The second-order valence-corrected chi connectivity index (χ2v) is 10.9. The zero-order valence-corrected chi connectivity index (χ0v) is 22.9. The zero-order valence-electron chi connectivity index (χ0n) is 21.3. The fraction of sp³-hybridized carbons (Fsp3) is 0.259. The van der Waals surface area contributed by atoms with Gasteiger partial charge in [-0.15, -0.1) is 0 Å². The molecule has 4 N–H and O–H groups in total. The molecule has 0 fully saturated rings. The Kier molecular flexibility index (Phi) is 8.63. The van der Waals surface area contributed by atoms with Crippen LogP contribution in [0.1, 0.15) is 32.6 Å². The van der Waals surface area contributed by atoms with Crippen molar-refractivity contribution < 1.29 is 22.7 Å². The Morgan fingerprint density at radius 1 is 0.946 bits per heavy atom. The van der Waals surface area contributed by atoms with Gasteiger partial charge in [0.1, 0.15) is 6.04 Å². The summed E-state index contributed by atoms with van der Waals surface area (Å²) in [4.78, 5) is 24.9. The van der Waals surface area contributed by atoms with E-state index in [9.17, 15) is 18.0 Å². The van der Waals surface area contributed by atoms with Crippen LogP contribution in [0.15, 0.2) is 53.4 Å². The number of anilines is 1. The van der Waals surface area contributed by atoms with Crippen LogP contribution in [0.25, 0.3) is 11.1 Å². The molecule has 1 amide bonds. The van der Waals surface area contributed by atoms with Crippen LogP contribution in [-0.4, -0.2) is 40.0 Å². The summed E-state index contributed by atoms with van der Waals surface area (Å²) in [7, 11) is -2.62. The van der Waals surface area contributed by atoms with Crippen LogP contribution in [0.4, 0.5) is 5.69 Å². The topological polar surface area (TPSA) is 128 Å². The van der Waals surface area contributed by atoms with Crippen molar-refractivity contribution in [3.63, 3.8) is 0 Å². The quantitative estimate of drug-likeness (QED) is 0.364. The average Bonchev–Trinajstić information content (AvgIpc) is 2.83. The minimum absolute atomic E-state index is 0.0909. The van der Waals surface area contributed by atoms with E-state index in [1.807, 2.05) is 18.2 Å². The van der Waals surface area contributed by atoms with E-state index < -0.39 is 27.9 Å². The normalized spacial score (nSPS) is 12.1. The largest absolute Gasteiger partial charge is 0.467 e. The first-order valence-electron chi connectivity index (χ1n) is 11.5. The Bertz CT molecular complexity index is 1450. The van der Waals surface area contributed by atoms with E-state index in [0.29, 0.717) is 38.5 Å². The highest BCUT2D eigenvalue weighted by Crippen LogP contribution is 2.30. The molecule has 3 rings (SSSR count). The number of sulfonamides is 1. The minimum atomic E-state index is -3.85. The number of nitrogens with two attached hydrogens (primary N) is 1. The molecule has 37 heavy (non-hydrogen) atoms. The van der Waals surface area contributed by atoms with E-state index in [1.165, 1.54) is 7.11 Å². The molecule has 8 nitrogen and oxygen atoms in total. The standard InChI is InChI=1S/C27H30ClN3O5S/c1-15-12-24(16(2)11-22(15)28)37(34,35)31-21-8-6-7-19(13-21)20-9-17(3)25(18(4)10-20)26(32)30-23(14-29)27(33)36-5/h6-13,23,31H,14,29H2,1-5H3,(H,30,32)/t23-/m0/s1. The second-order valence-electron chi connectivity index (χ2n) is 8.82. The summed E-state index contributed by atoms with van der Waals surface area (Å²) >= 11 is 6.13. The van der Waals surface area contributed by atoms with Crippen molar-refractivity contribution in [2.75, 3.05) is 18.4 Å². The van der Waals surface area contributed by atoms with Gasteiger partial charge in [-0.05, 0) is 85.3 Å². The van der Waals surface area contributed by atoms with Gasteiger partial charge < -0.3 is 15.8 Å². The first-order valence-corrected chi connectivity index (χ1v) is 13.3. The smallest absolute Gasteiger partial charge is 0.329 e. The zero-order chi connectivity index (χ0) is 27.5. The molecule has 196 valence electrons. The van der Waals surface area contributed by atoms with Gasteiger partial charge in [0.15, 0.2) is 0 Å². The third-order valence-corrected chi connectivity index (χ3v) is 7.91. The number of methoxy groups -OCH3 is 1. The summed E-state index contributed by atoms with van der Waals surface area (Å²) in [6.07, 6.45) is 0. The molecule has 0 aliphatic heterocycles. The molecule has 0 aliphatic rings. The van der Waals surface area contributed by atoms with Crippen molar-refractivity contribution in [3.8, 4) is 11.1 Å². The number of carbonyl (C=O) groups is 2. The molecule has 0 heterocycles. The van der Waals surface area contributed by atoms with E-state index in [-0.39, 0.29) is 11.4 Å². The minimum Gasteiger partial charge on any atom is -0.467 e. The average molecular weight is 544 g/mol. The number of ether oxygens (including phenoxy) is 1. The monoisotopic (exact) mass is 543 g/mol. The van der Waals surface area contributed by atoms with Gasteiger partial charge in [-0.3, -0.25) is 9.52 Å². The SMILES string of the molecule is COC(=O)[C@H](CN)NC(=O)c1c(C)cc(-c2cccc(NS(=O)(=O)c3cc(C)c(Cl)cc3C)c2)cc1C. The highest BCUT2D eigenvalue weighted by atomic mass is 35.5. The third kappa shape index (κ3) is 6.30. The molecule has 0 saturated carbocycles. The van der Waals surface area contributed by atoms with Gasteiger partial charge in [0.05, 0.1) is 12.0 Å². The number of amides is 1. The van der Waals surface area contributed by atoms with Crippen LogP contribution < -0.4 is 15.8 Å². The van der Waals surface area contributed by atoms with Crippen molar-refractivity contribution >= 4 is 39.2 Å². The predicted octanol–water partition coefficient (Wildman–Crippen LogP) is 4.27. The molecule has 0 radical (unpaired) electrons. The van der Waals surface area contributed by atoms with Crippen molar-refractivity contribution in [2.45, 2.75) is 38.6 Å². The van der Waals surface area contributed by atoms with Gasteiger partial charge >= 0.3 is 5.97 Å². The van der Waals surface area contributed by atoms with Crippen LogP contribution >= 0.6 is 11.6 Å². The number of hydrogen-bond donors (Lipinski definition) is 3. The summed E-state index contributed by atoms with van der Waals surface area (Å²) in [5, 5.41) is 3.12. The van der Waals surface area contributed by atoms with E-state index >= 15 is 0 Å². The Labute approximate surface area is 222 Å². The molecule has 1 atom stereocenters. The molecule has 0 aromatic heterocycles. The van der Waals surface area contributed by atoms with E-state index in [0.717, 1.165) is 11.1 Å². The molecule has 0 bridgehead atoms. The highest BCUT2D eigenvalue weighted by Gasteiger charge is 2.23. The lowest BCUT2D eigenvalue weighted by atomic mass is 9.94. The summed E-state index contributed by atoms with van der Waals surface area (Å²) in [6.45, 7) is 6.94. The van der Waals surface area contributed by atoms with Crippen LogP contribution in [0.2, 0.25) is 5.02 Å². The summed E-state index contributed by atoms with van der Waals surface area (Å²) < 4.78 is 33.5. The first kappa shape index (κ1) is 28.2. The van der Waals surface area contributed by atoms with Crippen molar-refractivity contribution in [1.29, 1.82) is 0 Å². The molecular weight excluding hydrogens is 514 g/mol. The Morgan fingerprint density at radius 2 is 1.59 bits per heavy atom. The van der Waals surface area contributed by atoms with Crippen LogP contribution in [0.5, 0.6) is 0 Å². The van der Waals surface area contributed by atoms with Crippen LogP contribution in [0.3, 0.4) is 0 Å². The van der Waals surface area contributed by atoms with Gasteiger partial charge in [-0.1, -0.05) is 35.9 Å². The fourth-order valence-corrected chi connectivity index (χ4v) is 5.67. The summed E-state index contributed by atoms with van der Waals surface area (Å²) in [5.41, 5.74) is 10.6. The molecule has 0 spiro atoms. The number of hydrogen-bond acceptors (Lipinski definition) is 6. The number of aryl methyl sites for hydroxylation is 4. The number of nitrogens with one attached hydrogen (secondary N) is 2. The van der Waals surface area contributed by atoms with E-state index in [1.54, 1.807) is 58.0 Å². The Balaban J connectivity index is 1.90. The van der Waals surface area contributed by atoms with Gasteiger partial charge in [0.2, 0.25) is 0 Å². The third-order valence-electron chi connectivity index (χ3n) is 5.98. The fourth-order valence-electron chi connectivity index (χ4n) is 4.09. The molecular formula is C27H30ClN3O5S.